The van der Waals surface area contributed by atoms with Crippen LogP contribution < -0.4 is 10.5 Å². The standard InChI is InChI=1S/C11H19N3O4/c1-5-18-11(16)8(12)9(15)7-6(2)13-14(3)10(7)17-4/h8-9,15H,5,12H2,1-4H3. The molecule has 0 bridgehead atoms. The molecule has 102 valence electrons. The van der Waals surface area contributed by atoms with Crippen LogP contribution in [0.2, 0.25) is 0 Å². The molecule has 1 aromatic heterocycles. The molecule has 0 aliphatic heterocycles. The van der Waals surface area contributed by atoms with Crippen LogP contribution in [0.4, 0.5) is 0 Å². The van der Waals surface area contributed by atoms with Crippen molar-refractivity contribution in [3.05, 3.63) is 11.3 Å². The second kappa shape index (κ2) is 5.83. The van der Waals surface area contributed by atoms with Crippen LogP contribution in [-0.4, -0.2) is 40.6 Å². The summed E-state index contributed by atoms with van der Waals surface area (Å²) in [5.74, 6) is -0.282. The number of carbonyl (C=O) groups excluding carboxylic acids is 1. The number of rotatable bonds is 5. The number of ether oxygens (including phenoxy) is 2. The molecule has 0 radical (unpaired) electrons. The third-order valence-electron chi connectivity index (χ3n) is 2.60. The molecular formula is C11H19N3O4. The molecule has 1 heterocycles. The third kappa shape index (κ3) is 2.62. The predicted molar refractivity (Wildman–Crippen MR) is 64.1 cm³/mol. The number of methoxy groups -OCH3 is 1. The van der Waals surface area contributed by atoms with Gasteiger partial charge in [0, 0.05) is 7.05 Å². The van der Waals surface area contributed by atoms with Crippen molar-refractivity contribution in [1.29, 1.82) is 0 Å². The SMILES string of the molecule is CCOC(=O)C(N)C(O)c1c(C)nn(C)c1OC. The Bertz CT molecular complexity index is 430. The van der Waals surface area contributed by atoms with Crippen LogP contribution in [0.15, 0.2) is 0 Å². The van der Waals surface area contributed by atoms with E-state index in [9.17, 15) is 9.90 Å². The topological polar surface area (TPSA) is 99.6 Å². The second-order valence-corrected chi connectivity index (χ2v) is 3.85. The van der Waals surface area contributed by atoms with Crippen molar-refractivity contribution in [2.24, 2.45) is 12.8 Å². The maximum atomic E-state index is 11.5. The molecule has 18 heavy (non-hydrogen) atoms. The third-order valence-corrected chi connectivity index (χ3v) is 2.60. The Balaban J connectivity index is 3.03. The zero-order valence-corrected chi connectivity index (χ0v) is 11.0. The molecule has 0 amide bonds. The van der Waals surface area contributed by atoms with E-state index >= 15 is 0 Å². The first-order valence-corrected chi connectivity index (χ1v) is 5.61. The summed E-state index contributed by atoms with van der Waals surface area (Å²) in [6.07, 6.45) is -1.22. The number of hydrogen-bond acceptors (Lipinski definition) is 6. The summed E-state index contributed by atoms with van der Waals surface area (Å²) >= 11 is 0. The number of aliphatic hydroxyl groups excluding tert-OH is 1. The largest absolute Gasteiger partial charge is 0.481 e. The van der Waals surface area contributed by atoms with Crippen molar-refractivity contribution >= 4 is 5.97 Å². The van der Waals surface area contributed by atoms with Gasteiger partial charge in [-0.15, -0.1) is 0 Å². The number of aryl methyl sites for hydroxylation is 2. The fourth-order valence-electron chi connectivity index (χ4n) is 1.78. The fourth-order valence-corrected chi connectivity index (χ4v) is 1.78. The minimum Gasteiger partial charge on any atom is -0.481 e. The highest BCUT2D eigenvalue weighted by Crippen LogP contribution is 2.29. The van der Waals surface area contributed by atoms with Crippen LogP contribution in [-0.2, 0) is 16.6 Å². The van der Waals surface area contributed by atoms with E-state index in [0.717, 1.165) is 0 Å². The van der Waals surface area contributed by atoms with E-state index in [1.165, 1.54) is 11.8 Å². The van der Waals surface area contributed by atoms with Gasteiger partial charge in [-0.1, -0.05) is 0 Å². The minimum atomic E-state index is -1.22. The Hall–Kier alpha value is -1.60. The molecule has 0 saturated heterocycles. The van der Waals surface area contributed by atoms with Gasteiger partial charge in [-0.25, -0.2) is 4.68 Å². The summed E-state index contributed by atoms with van der Waals surface area (Å²) in [6.45, 7) is 3.59. The van der Waals surface area contributed by atoms with E-state index in [4.69, 9.17) is 15.2 Å². The van der Waals surface area contributed by atoms with Gasteiger partial charge in [0.2, 0.25) is 5.88 Å². The first kappa shape index (κ1) is 14.5. The van der Waals surface area contributed by atoms with E-state index in [0.29, 0.717) is 17.1 Å². The molecule has 0 aliphatic rings. The van der Waals surface area contributed by atoms with Gasteiger partial charge in [0.05, 0.1) is 25.0 Å². The van der Waals surface area contributed by atoms with E-state index in [-0.39, 0.29) is 6.61 Å². The minimum absolute atomic E-state index is 0.211. The van der Waals surface area contributed by atoms with Gasteiger partial charge in [-0.05, 0) is 13.8 Å². The Labute approximate surface area is 105 Å². The van der Waals surface area contributed by atoms with Crippen LogP contribution in [0.25, 0.3) is 0 Å². The highest BCUT2D eigenvalue weighted by molar-refractivity contribution is 5.76. The van der Waals surface area contributed by atoms with Crippen LogP contribution in [0.3, 0.4) is 0 Å². The van der Waals surface area contributed by atoms with Gasteiger partial charge in [0.25, 0.3) is 0 Å². The number of aromatic nitrogens is 2. The molecule has 1 rings (SSSR count). The van der Waals surface area contributed by atoms with Gasteiger partial charge < -0.3 is 20.3 Å². The van der Waals surface area contributed by atoms with E-state index < -0.39 is 18.1 Å². The van der Waals surface area contributed by atoms with Crippen molar-refractivity contribution < 1.29 is 19.4 Å². The number of hydrogen-bond donors (Lipinski definition) is 2. The number of nitrogens with zero attached hydrogens (tertiary/aromatic N) is 2. The van der Waals surface area contributed by atoms with Crippen LogP contribution in [0.1, 0.15) is 24.3 Å². The Morgan fingerprint density at radius 1 is 1.61 bits per heavy atom. The van der Waals surface area contributed by atoms with E-state index in [2.05, 4.69) is 5.10 Å². The molecule has 0 aliphatic carbocycles. The summed E-state index contributed by atoms with van der Waals surface area (Å²) < 4.78 is 11.4. The van der Waals surface area contributed by atoms with E-state index in [1.54, 1.807) is 20.9 Å². The summed E-state index contributed by atoms with van der Waals surface area (Å²) in [5.41, 5.74) is 6.62. The average molecular weight is 257 g/mol. The lowest BCUT2D eigenvalue weighted by Gasteiger charge is -2.18. The molecule has 0 fully saturated rings. The Morgan fingerprint density at radius 3 is 2.72 bits per heavy atom. The molecular weight excluding hydrogens is 238 g/mol. The maximum absolute atomic E-state index is 11.5. The monoisotopic (exact) mass is 257 g/mol. The van der Waals surface area contributed by atoms with Crippen molar-refractivity contribution in [2.45, 2.75) is 26.0 Å². The lowest BCUT2D eigenvalue weighted by atomic mass is 10.0. The Morgan fingerprint density at radius 2 is 2.22 bits per heavy atom. The van der Waals surface area contributed by atoms with Gasteiger partial charge in [0.15, 0.2) is 0 Å². The number of nitrogens with two attached hydrogens (primary N) is 1. The normalized spacial score (nSPS) is 14.1. The van der Waals surface area contributed by atoms with Crippen LogP contribution in [0.5, 0.6) is 5.88 Å². The molecule has 0 aromatic carbocycles. The fraction of sp³-hybridized carbons (Fsp3) is 0.636. The van der Waals surface area contributed by atoms with E-state index in [1.807, 2.05) is 0 Å². The highest BCUT2D eigenvalue weighted by atomic mass is 16.5. The van der Waals surface area contributed by atoms with Crippen molar-refractivity contribution in [2.75, 3.05) is 13.7 Å². The van der Waals surface area contributed by atoms with Crippen LogP contribution >= 0.6 is 0 Å². The number of carbonyl (C=O) groups is 1. The second-order valence-electron chi connectivity index (χ2n) is 3.85. The van der Waals surface area contributed by atoms with Crippen molar-refractivity contribution in [3.63, 3.8) is 0 Å². The molecule has 7 nitrogen and oxygen atoms in total. The van der Waals surface area contributed by atoms with Gasteiger partial charge in [-0.2, -0.15) is 5.10 Å². The molecule has 2 atom stereocenters. The lowest BCUT2D eigenvalue weighted by Crippen LogP contribution is -2.38. The molecule has 3 N–H and O–H groups in total. The van der Waals surface area contributed by atoms with Crippen molar-refractivity contribution in [1.82, 2.24) is 9.78 Å². The summed E-state index contributed by atoms with van der Waals surface area (Å²) in [4.78, 5) is 11.5. The van der Waals surface area contributed by atoms with Crippen LogP contribution in [0, 0.1) is 6.92 Å². The first-order chi connectivity index (χ1) is 8.43. The quantitative estimate of drug-likeness (QED) is 0.700. The summed E-state index contributed by atoms with van der Waals surface area (Å²) in [5, 5.41) is 14.2. The molecule has 1 aromatic rings. The Kier molecular flexibility index (Phi) is 4.69. The number of esters is 1. The molecule has 7 heteroatoms. The van der Waals surface area contributed by atoms with Gasteiger partial charge in [-0.3, -0.25) is 4.79 Å². The summed E-state index contributed by atoms with van der Waals surface area (Å²) in [7, 11) is 3.14. The van der Waals surface area contributed by atoms with Crippen molar-refractivity contribution in [3.8, 4) is 5.88 Å². The zero-order chi connectivity index (χ0) is 13.9. The molecule has 0 spiro atoms. The lowest BCUT2D eigenvalue weighted by molar-refractivity contribution is -0.147. The molecule has 0 saturated carbocycles. The highest BCUT2D eigenvalue weighted by Gasteiger charge is 2.31. The molecule has 2 unspecified atom stereocenters. The summed E-state index contributed by atoms with van der Waals surface area (Å²) in [6, 6.07) is -1.17. The average Bonchev–Trinajstić information content (AvgIpc) is 2.61. The van der Waals surface area contributed by atoms with Gasteiger partial charge >= 0.3 is 5.97 Å². The van der Waals surface area contributed by atoms with Gasteiger partial charge in [0.1, 0.15) is 12.1 Å². The smallest absolute Gasteiger partial charge is 0.325 e. The maximum Gasteiger partial charge on any atom is 0.325 e. The first-order valence-electron chi connectivity index (χ1n) is 5.61. The predicted octanol–water partition coefficient (Wildman–Crippen LogP) is -0.339. The zero-order valence-electron chi connectivity index (χ0n) is 11.0. The number of aliphatic hydroxyl groups is 1.